The highest BCUT2D eigenvalue weighted by Crippen LogP contribution is 2.19. The second-order valence-corrected chi connectivity index (χ2v) is 9.18. The second kappa shape index (κ2) is 11.5. The van der Waals surface area contributed by atoms with Crippen molar-refractivity contribution in [2.75, 3.05) is 32.6 Å². The Bertz CT molecular complexity index is 1340. The van der Waals surface area contributed by atoms with Crippen molar-refractivity contribution in [2.45, 2.75) is 19.9 Å². The number of hydrogen-bond donors (Lipinski definition) is 1. The zero-order valence-electron chi connectivity index (χ0n) is 21.6. The zero-order chi connectivity index (χ0) is 26.4. The van der Waals surface area contributed by atoms with Crippen LogP contribution >= 0.6 is 0 Å². The Morgan fingerprint density at radius 3 is 2.16 bits per heavy atom. The van der Waals surface area contributed by atoms with Gasteiger partial charge in [-0.05, 0) is 61.0 Å². The average Bonchev–Trinajstić information content (AvgIpc) is 3.40. The van der Waals surface area contributed by atoms with Crippen molar-refractivity contribution < 1.29 is 14.1 Å². The number of benzene rings is 3. The molecule has 1 heterocycles. The van der Waals surface area contributed by atoms with Crippen molar-refractivity contribution in [1.29, 1.82) is 0 Å². The highest BCUT2D eigenvalue weighted by molar-refractivity contribution is 5.94. The highest BCUT2D eigenvalue weighted by atomic mass is 16.5. The second-order valence-electron chi connectivity index (χ2n) is 9.18. The van der Waals surface area contributed by atoms with Gasteiger partial charge in [-0.3, -0.25) is 9.59 Å². The predicted octanol–water partition coefficient (Wildman–Crippen LogP) is 4.36. The van der Waals surface area contributed by atoms with Gasteiger partial charge in [0.25, 0.3) is 17.7 Å². The maximum atomic E-state index is 12.6. The maximum absolute atomic E-state index is 12.6. The van der Waals surface area contributed by atoms with Crippen LogP contribution < -0.4 is 10.2 Å². The predicted molar refractivity (Wildman–Crippen MR) is 144 cm³/mol. The summed E-state index contributed by atoms with van der Waals surface area (Å²) < 4.78 is 5.40. The Labute approximate surface area is 216 Å². The molecule has 0 spiro atoms. The third-order valence-corrected chi connectivity index (χ3v) is 6.08. The van der Waals surface area contributed by atoms with Crippen molar-refractivity contribution >= 4 is 17.5 Å². The number of amides is 2. The van der Waals surface area contributed by atoms with Gasteiger partial charge in [0.2, 0.25) is 0 Å². The van der Waals surface area contributed by atoms with E-state index in [1.807, 2.05) is 74.4 Å². The molecule has 0 aliphatic carbocycles. The van der Waals surface area contributed by atoms with E-state index in [1.165, 1.54) is 0 Å². The molecule has 4 aromatic rings. The van der Waals surface area contributed by atoms with Crippen molar-refractivity contribution in [3.63, 3.8) is 0 Å². The molecule has 0 aliphatic rings. The normalized spacial score (nSPS) is 10.7. The highest BCUT2D eigenvalue weighted by Gasteiger charge is 2.15. The summed E-state index contributed by atoms with van der Waals surface area (Å²) in [5.74, 6) is 0.676. The quantitative estimate of drug-likeness (QED) is 0.370. The molecule has 8 heteroatoms. The van der Waals surface area contributed by atoms with Crippen LogP contribution in [0.25, 0.3) is 11.5 Å². The molecule has 4 rings (SSSR count). The summed E-state index contributed by atoms with van der Waals surface area (Å²) in [6, 6.07) is 22.6. The number of hydrogen-bond acceptors (Lipinski definition) is 6. The van der Waals surface area contributed by atoms with E-state index in [0.29, 0.717) is 42.4 Å². The molecule has 0 saturated heterocycles. The van der Waals surface area contributed by atoms with Crippen LogP contribution in [0.5, 0.6) is 0 Å². The lowest BCUT2D eigenvalue weighted by Crippen LogP contribution is -2.29. The van der Waals surface area contributed by atoms with Gasteiger partial charge in [-0.25, -0.2) is 0 Å². The van der Waals surface area contributed by atoms with E-state index in [-0.39, 0.29) is 11.8 Å². The van der Waals surface area contributed by atoms with Crippen LogP contribution in [0.1, 0.15) is 37.7 Å². The molecule has 190 valence electrons. The summed E-state index contributed by atoms with van der Waals surface area (Å²) in [5, 5.41) is 6.98. The molecule has 1 aromatic heterocycles. The third-order valence-electron chi connectivity index (χ3n) is 6.08. The number of nitrogens with one attached hydrogen (secondary N) is 1. The standard InChI is InChI=1S/C29H31N5O3/c1-20-5-9-24(10-6-20)29(36)34(4)18-17-26-31-28(37-32-26)23-13-11-22(12-14-23)27(35)30-19-21-7-15-25(16-8-21)33(2)3/h5-16H,17-19H2,1-4H3,(H,30,35). The fraction of sp³-hybridized carbons (Fsp3) is 0.241. The van der Waals surface area contributed by atoms with Crippen molar-refractivity contribution in [2.24, 2.45) is 0 Å². The molecule has 0 atom stereocenters. The Morgan fingerprint density at radius 2 is 1.51 bits per heavy atom. The minimum Gasteiger partial charge on any atom is -0.378 e. The molecule has 0 bridgehead atoms. The summed E-state index contributed by atoms with van der Waals surface area (Å²) in [6.45, 7) is 2.89. The van der Waals surface area contributed by atoms with E-state index in [9.17, 15) is 9.59 Å². The van der Waals surface area contributed by atoms with Crippen molar-refractivity contribution in [3.8, 4) is 11.5 Å². The first-order chi connectivity index (χ1) is 17.8. The molecule has 0 saturated carbocycles. The van der Waals surface area contributed by atoms with E-state index in [2.05, 4.69) is 15.5 Å². The lowest BCUT2D eigenvalue weighted by molar-refractivity contribution is 0.0795. The number of likely N-dealkylation sites (N-methyl/N-ethyl adjacent to an activating group) is 1. The van der Waals surface area contributed by atoms with Crippen LogP contribution in [-0.4, -0.2) is 54.5 Å². The van der Waals surface area contributed by atoms with Gasteiger partial charge >= 0.3 is 0 Å². The molecule has 3 aromatic carbocycles. The lowest BCUT2D eigenvalue weighted by atomic mass is 10.1. The van der Waals surface area contributed by atoms with Crippen LogP contribution in [0, 0.1) is 6.92 Å². The SMILES string of the molecule is Cc1ccc(C(=O)N(C)CCc2noc(-c3ccc(C(=O)NCc4ccc(N(C)C)cc4)cc3)n2)cc1. The number of aromatic nitrogens is 2. The Hall–Kier alpha value is -4.46. The molecule has 0 aliphatic heterocycles. The van der Waals surface area contributed by atoms with E-state index in [1.54, 1.807) is 36.2 Å². The molecule has 2 amide bonds. The fourth-order valence-corrected chi connectivity index (χ4v) is 3.72. The van der Waals surface area contributed by atoms with E-state index in [0.717, 1.165) is 22.4 Å². The Kier molecular flexibility index (Phi) is 7.98. The first-order valence-corrected chi connectivity index (χ1v) is 12.1. The molecule has 37 heavy (non-hydrogen) atoms. The summed E-state index contributed by atoms with van der Waals surface area (Å²) in [7, 11) is 5.74. The summed E-state index contributed by atoms with van der Waals surface area (Å²) in [4.78, 5) is 33.3. The number of carbonyl (C=O) groups is 2. The molecule has 1 N–H and O–H groups in total. The van der Waals surface area contributed by atoms with E-state index < -0.39 is 0 Å². The molecular formula is C29H31N5O3. The summed E-state index contributed by atoms with van der Waals surface area (Å²) in [5.41, 5.74) is 5.16. The van der Waals surface area contributed by atoms with Crippen molar-refractivity contribution in [3.05, 3.63) is 101 Å². The lowest BCUT2D eigenvalue weighted by Gasteiger charge is -2.16. The van der Waals surface area contributed by atoms with E-state index in [4.69, 9.17) is 4.52 Å². The van der Waals surface area contributed by atoms with Crippen LogP contribution in [0.2, 0.25) is 0 Å². The minimum absolute atomic E-state index is 0.0526. The number of aryl methyl sites for hydroxylation is 1. The van der Waals surface area contributed by atoms with Crippen LogP contribution in [0.15, 0.2) is 77.3 Å². The maximum Gasteiger partial charge on any atom is 0.257 e. The molecule has 0 fully saturated rings. The van der Waals surface area contributed by atoms with Gasteiger partial charge in [-0.2, -0.15) is 4.98 Å². The summed E-state index contributed by atoms with van der Waals surface area (Å²) >= 11 is 0. The van der Waals surface area contributed by atoms with Gasteiger partial charge in [0.05, 0.1) is 0 Å². The monoisotopic (exact) mass is 497 g/mol. The van der Waals surface area contributed by atoms with E-state index >= 15 is 0 Å². The summed E-state index contributed by atoms with van der Waals surface area (Å²) in [6.07, 6.45) is 0.466. The smallest absolute Gasteiger partial charge is 0.257 e. The Balaban J connectivity index is 1.29. The topological polar surface area (TPSA) is 91.6 Å². The first kappa shape index (κ1) is 25.6. The molecular weight excluding hydrogens is 466 g/mol. The molecule has 0 unspecified atom stereocenters. The van der Waals surface area contributed by atoms with Crippen LogP contribution in [0.4, 0.5) is 5.69 Å². The van der Waals surface area contributed by atoms with Gasteiger partial charge in [0, 0.05) is 63.0 Å². The number of anilines is 1. The molecule has 8 nitrogen and oxygen atoms in total. The van der Waals surface area contributed by atoms with Gasteiger partial charge in [-0.1, -0.05) is 35.0 Å². The number of carbonyl (C=O) groups excluding carboxylic acids is 2. The average molecular weight is 498 g/mol. The first-order valence-electron chi connectivity index (χ1n) is 12.1. The van der Waals surface area contributed by atoms with Gasteiger partial charge in [-0.15, -0.1) is 0 Å². The minimum atomic E-state index is -0.157. The van der Waals surface area contributed by atoms with Gasteiger partial charge < -0.3 is 19.6 Å². The van der Waals surface area contributed by atoms with Crippen LogP contribution in [0.3, 0.4) is 0 Å². The number of rotatable bonds is 9. The largest absolute Gasteiger partial charge is 0.378 e. The van der Waals surface area contributed by atoms with Crippen molar-refractivity contribution in [1.82, 2.24) is 20.4 Å². The fourth-order valence-electron chi connectivity index (χ4n) is 3.72. The van der Waals surface area contributed by atoms with Crippen LogP contribution in [-0.2, 0) is 13.0 Å². The Morgan fingerprint density at radius 1 is 0.865 bits per heavy atom. The van der Waals surface area contributed by atoms with Gasteiger partial charge in [0.15, 0.2) is 5.82 Å². The van der Waals surface area contributed by atoms with Gasteiger partial charge in [0.1, 0.15) is 0 Å². The third kappa shape index (κ3) is 6.61. The molecule has 0 radical (unpaired) electrons. The number of nitrogens with zero attached hydrogens (tertiary/aromatic N) is 4. The zero-order valence-corrected chi connectivity index (χ0v) is 21.6.